The number of ketones is 1. The number of imidazole rings is 1. The number of aromatic nitrogens is 3. The molecule has 1 aliphatic rings. The normalized spacial score (nSPS) is 14.9. The molecule has 5 nitrogen and oxygen atoms in total. The minimum atomic E-state index is -4.52. The van der Waals surface area contributed by atoms with E-state index in [-0.39, 0.29) is 17.9 Å². The minimum absolute atomic E-state index is 0.00273. The summed E-state index contributed by atoms with van der Waals surface area (Å²) < 4.78 is 41.8. The summed E-state index contributed by atoms with van der Waals surface area (Å²) in [6.45, 7) is 6.18. The average Bonchev–Trinajstić information content (AvgIpc) is 3.46. The molecule has 0 saturated heterocycles. The number of carbonyl (C=O) groups is 1. The van der Waals surface area contributed by atoms with Gasteiger partial charge in [0.05, 0.1) is 24.1 Å². The number of hydrogen-bond donors (Lipinski definition) is 0. The third-order valence-corrected chi connectivity index (χ3v) is 6.30. The lowest BCUT2D eigenvalue weighted by Crippen LogP contribution is -2.23. The highest BCUT2D eigenvalue weighted by Crippen LogP contribution is 2.32. The quantitative estimate of drug-likeness (QED) is 0.387. The summed E-state index contributed by atoms with van der Waals surface area (Å²) in [6.07, 6.45) is 4.23. The maximum atomic E-state index is 13.4. The van der Waals surface area contributed by atoms with E-state index in [9.17, 15) is 18.0 Å². The van der Waals surface area contributed by atoms with Gasteiger partial charge in [-0.25, -0.2) is 4.98 Å². The van der Waals surface area contributed by atoms with E-state index in [0.717, 1.165) is 29.5 Å². The van der Waals surface area contributed by atoms with Crippen molar-refractivity contribution in [2.75, 3.05) is 6.54 Å². The Balaban J connectivity index is 1.64. The van der Waals surface area contributed by atoms with Gasteiger partial charge in [0.25, 0.3) is 0 Å². The Morgan fingerprint density at radius 1 is 1.21 bits per heavy atom. The molecule has 3 aromatic rings. The van der Waals surface area contributed by atoms with Gasteiger partial charge in [-0.1, -0.05) is 51.5 Å². The fourth-order valence-corrected chi connectivity index (χ4v) is 4.26. The maximum Gasteiger partial charge on any atom is 0.433 e. The van der Waals surface area contributed by atoms with E-state index in [1.54, 1.807) is 16.8 Å². The Morgan fingerprint density at radius 2 is 2.00 bits per heavy atom. The van der Waals surface area contributed by atoms with Crippen molar-refractivity contribution in [2.24, 2.45) is 10.9 Å². The second kappa shape index (κ2) is 9.52. The van der Waals surface area contributed by atoms with Gasteiger partial charge in [-0.3, -0.25) is 19.2 Å². The Kier molecular flexibility index (Phi) is 6.68. The van der Waals surface area contributed by atoms with Gasteiger partial charge in [-0.05, 0) is 23.5 Å². The van der Waals surface area contributed by atoms with Crippen LogP contribution in [0.1, 0.15) is 66.5 Å². The van der Waals surface area contributed by atoms with E-state index in [0.29, 0.717) is 35.8 Å². The second-order valence-electron chi connectivity index (χ2n) is 8.68. The molecule has 4 rings (SSSR count). The van der Waals surface area contributed by atoms with Crippen LogP contribution in [0.15, 0.2) is 47.9 Å². The zero-order valence-electron chi connectivity index (χ0n) is 19.5. The summed E-state index contributed by atoms with van der Waals surface area (Å²) in [7, 11) is 0. The van der Waals surface area contributed by atoms with Crippen LogP contribution in [0.2, 0.25) is 0 Å². The fraction of sp³-hybridized carbons (Fsp3) is 0.385. The smallest absolute Gasteiger partial charge is 0.297 e. The molecule has 1 atom stereocenters. The molecule has 0 amide bonds. The number of allylic oxidation sites excluding steroid dienone is 1. The van der Waals surface area contributed by atoms with Crippen molar-refractivity contribution in [1.82, 2.24) is 14.4 Å². The number of fused-ring (bicyclic) bond motifs is 1. The molecule has 8 heteroatoms. The van der Waals surface area contributed by atoms with E-state index >= 15 is 0 Å². The topological polar surface area (TPSA) is 59.6 Å². The number of rotatable bonds is 8. The molecule has 0 bridgehead atoms. The van der Waals surface area contributed by atoms with Crippen molar-refractivity contribution < 1.29 is 18.0 Å². The van der Waals surface area contributed by atoms with E-state index in [2.05, 4.69) is 28.8 Å². The minimum Gasteiger partial charge on any atom is -0.297 e. The summed E-state index contributed by atoms with van der Waals surface area (Å²) in [5.41, 5.74) is 3.37. The lowest BCUT2D eigenvalue weighted by Gasteiger charge is -2.13. The number of Topliss-reactive ketones (excluding diaryl/α,β-unsaturated/α-hetero) is 1. The molecule has 1 aliphatic heterocycles. The summed E-state index contributed by atoms with van der Waals surface area (Å²) >= 11 is 0. The van der Waals surface area contributed by atoms with Gasteiger partial charge in [0.2, 0.25) is 0 Å². The average molecular weight is 469 g/mol. The molecule has 34 heavy (non-hydrogen) atoms. The molecular formula is C26H27F3N4O. The molecule has 0 radical (unpaired) electrons. The highest BCUT2D eigenvalue weighted by Gasteiger charge is 2.40. The van der Waals surface area contributed by atoms with Crippen LogP contribution in [0, 0.1) is 5.92 Å². The highest BCUT2D eigenvalue weighted by atomic mass is 19.4. The van der Waals surface area contributed by atoms with Crippen molar-refractivity contribution in [2.45, 2.75) is 52.6 Å². The third kappa shape index (κ3) is 4.67. The highest BCUT2D eigenvalue weighted by molar-refractivity contribution is 6.27. The van der Waals surface area contributed by atoms with Gasteiger partial charge >= 0.3 is 6.18 Å². The first kappa shape index (κ1) is 23.9. The molecule has 0 unspecified atom stereocenters. The van der Waals surface area contributed by atoms with Crippen LogP contribution in [0.5, 0.6) is 0 Å². The standard InChI is InChI=1S/C26H27F3N4O/c1-4-16(3)12-23(34)19-7-6-17(13-18(19)5-2)14-21-25-32-15-22(33(25)11-10-30-21)20-8-9-31-24(20)26(27,28)29/h6-8,10-11,13,15-16H,4-5,9,12,14H2,1-3H3/t16-/m0/s1. The maximum absolute atomic E-state index is 13.4. The molecule has 0 N–H and O–H groups in total. The molecule has 2 aromatic heterocycles. The van der Waals surface area contributed by atoms with Crippen LogP contribution >= 0.6 is 0 Å². The van der Waals surface area contributed by atoms with Gasteiger partial charge in [-0.2, -0.15) is 13.2 Å². The first-order valence-corrected chi connectivity index (χ1v) is 11.5. The summed E-state index contributed by atoms with van der Waals surface area (Å²) in [5.74, 6) is 0.494. The Morgan fingerprint density at radius 3 is 2.71 bits per heavy atom. The molecule has 1 aromatic carbocycles. The van der Waals surface area contributed by atoms with Gasteiger partial charge in [0.15, 0.2) is 11.4 Å². The number of benzene rings is 1. The number of hydrogen-bond acceptors (Lipinski definition) is 4. The van der Waals surface area contributed by atoms with Crippen LogP contribution in [0.4, 0.5) is 13.2 Å². The summed E-state index contributed by atoms with van der Waals surface area (Å²) in [5, 5.41) is 0. The van der Waals surface area contributed by atoms with E-state index in [1.807, 2.05) is 25.1 Å². The van der Waals surface area contributed by atoms with Gasteiger partial charge in [0.1, 0.15) is 5.71 Å². The predicted octanol–water partition coefficient (Wildman–Crippen LogP) is 5.90. The number of aliphatic imine (C=N–C) groups is 1. The van der Waals surface area contributed by atoms with Crippen LogP contribution < -0.4 is 0 Å². The number of carbonyl (C=O) groups excluding carboxylic acids is 1. The van der Waals surface area contributed by atoms with Crippen molar-refractivity contribution in [3.63, 3.8) is 0 Å². The van der Waals surface area contributed by atoms with Gasteiger partial charge in [0, 0.05) is 36.4 Å². The van der Waals surface area contributed by atoms with E-state index in [1.165, 1.54) is 12.3 Å². The largest absolute Gasteiger partial charge is 0.433 e. The summed E-state index contributed by atoms with van der Waals surface area (Å²) in [4.78, 5) is 25.2. The van der Waals surface area contributed by atoms with Crippen LogP contribution in [0.3, 0.4) is 0 Å². The Hall–Kier alpha value is -3.29. The predicted molar refractivity (Wildman–Crippen MR) is 126 cm³/mol. The van der Waals surface area contributed by atoms with Crippen molar-refractivity contribution in [3.05, 3.63) is 70.9 Å². The number of aryl methyl sites for hydroxylation is 1. The lowest BCUT2D eigenvalue weighted by atomic mass is 9.92. The zero-order valence-corrected chi connectivity index (χ0v) is 19.5. The zero-order chi connectivity index (χ0) is 24.5. The van der Waals surface area contributed by atoms with Crippen LogP contribution in [-0.2, 0) is 12.8 Å². The Bertz CT molecular complexity index is 1290. The number of nitrogens with zero attached hydrogens (tertiary/aromatic N) is 4. The van der Waals surface area contributed by atoms with Crippen molar-refractivity contribution in [1.29, 1.82) is 0 Å². The van der Waals surface area contributed by atoms with E-state index in [4.69, 9.17) is 0 Å². The molecule has 0 saturated carbocycles. The SMILES string of the molecule is CCc1cc(Cc2nccn3c(C4=CCN=C4C(F)(F)F)cnc23)ccc1C(=O)C[C@@H](C)CC. The number of alkyl halides is 3. The monoisotopic (exact) mass is 468 g/mol. The fourth-order valence-electron chi connectivity index (χ4n) is 4.26. The van der Waals surface area contributed by atoms with Gasteiger partial charge < -0.3 is 0 Å². The van der Waals surface area contributed by atoms with Gasteiger partial charge in [-0.15, -0.1) is 0 Å². The first-order chi connectivity index (χ1) is 16.2. The lowest BCUT2D eigenvalue weighted by molar-refractivity contribution is -0.0571. The number of halogens is 3. The van der Waals surface area contributed by atoms with Crippen LogP contribution in [-0.4, -0.2) is 38.6 Å². The van der Waals surface area contributed by atoms with Crippen LogP contribution in [0.25, 0.3) is 11.2 Å². The van der Waals surface area contributed by atoms with Crippen molar-refractivity contribution in [3.8, 4) is 0 Å². The molecule has 0 aliphatic carbocycles. The molecule has 0 spiro atoms. The van der Waals surface area contributed by atoms with E-state index < -0.39 is 11.9 Å². The second-order valence-corrected chi connectivity index (χ2v) is 8.68. The molecule has 0 fully saturated rings. The molecule has 178 valence electrons. The Labute approximate surface area is 196 Å². The first-order valence-electron chi connectivity index (χ1n) is 11.5. The molecule has 3 heterocycles. The summed E-state index contributed by atoms with van der Waals surface area (Å²) in [6, 6.07) is 5.82. The van der Waals surface area contributed by atoms with Crippen molar-refractivity contribution >= 4 is 22.7 Å². The third-order valence-electron chi connectivity index (χ3n) is 6.30. The molecular weight excluding hydrogens is 441 g/mol.